The molecule has 18 heavy (non-hydrogen) atoms. The molecule has 0 aliphatic carbocycles. The van der Waals surface area contributed by atoms with Crippen molar-refractivity contribution in [3.63, 3.8) is 0 Å². The predicted molar refractivity (Wildman–Crippen MR) is 66.7 cm³/mol. The number of aliphatic carboxylic acids is 1. The van der Waals surface area contributed by atoms with Crippen molar-refractivity contribution in [3.8, 4) is 0 Å². The highest BCUT2D eigenvalue weighted by Crippen LogP contribution is 2.24. The van der Waals surface area contributed by atoms with Gasteiger partial charge in [0.25, 0.3) is 0 Å². The minimum atomic E-state index is -1.01. The van der Waals surface area contributed by atoms with Gasteiger partial charge in [0.05, 0.1) is 19.1 Å². The standard InChI is InChI=1S/C12H15NO4S/c1-8(10-3-2-6-18-10)11(14)13-4-5-17-7-9(13)12(15)16/h2-3,6,8-9H,4-5,7H2,1H3,(H,15,16)/t8-,9-/m1/s1. The maximum atomic E-state index is 12.3. The van der Waals surface area contributed by atoms with Crippen LogP contribution in [0, 0.1) is 0 Å². The third kappa shape index (κ3) is 2.54. The zero-order chi connectivity index (χ0) is 13.1. The molecule has 0 aromatic carbocycles. The van der Waals surface area contributed by atoms with Crippen molar-refractivity contribution in [1.29, 1.82) is 0 Å². The number of nitrogens with zero attached hydrogens (tertiary/aromatic N) is 1. The fourth-order valence-electron chi connectivity index (χ4n) is 1.98. The van der Waals surface area contributed by atoms with Crippen LogP contribution in [0.3, 0.4) is 0 Å². The van der Waals surface area contributed by atoms with Crippen molar-refractivity contribution in [3.05, 3.63) is 22.4 Å². The smallest absolute Gasteiger partial charge is 0.328 e. The summed E-state index contributed by atoms with van der Waals surface area (Å²) in [5.74, 6) is -1.46. The zero-order valence-electron chi connectivity index (χ0n) is 10.0. The van der Waals surface area contributed by atoms with E-state index in [0.717, 1.165) is 4.88 Å². The molecule has 1 aromatic rings. The van der Waals surface area contributed by atoms with Gasteiger partial charge in [-0.25, -0.2) is 4.79 Å². The summed E-state index contributed by atoms with van der Waals surface area (Å²) in [4.78, 5) is 25.8. The molecule has 1 N–H and O–H groups in total. The first-order chi connectivity index (χ1) is 8.61. The molecule has 1 fully saturated rings. The molecular weight excluding hydrogens is 254 g/mol. The van der Waals surface area contributed by atoms with E-state index in [-0.39, 0.29) is 18.4 Å². The summed E-state index contributed by atoms with van der Waals surface area (Å²) >= 11 is 1.51. The Morgan fingerprint density at radius 1 is 1.61 bits per heavy atom. The molecule has 2 atom stereocenters. The number of carbonyl (C=O) groups excluding carboxylic acids is 1. The normalized spacial score (nSPS) is 21.6. The lowest BCUT2D eigenvalue weighted by Crippen LogP contribution is -2.53. The van der Waals surface area contributed by atoms with Crippen molar-refractivity contribution in [2.24, 2.45) is 0 Å². The molecule has 6 heteroatoms. The highest BCUT2D eigenvalue weighted by Gasteiger charge is 2.35. The van der Waals surface area contributed by atoms with Gasteiger partial charge < -0.3 is 14.7 Å². The lowest BCUT2D eigenvalue weighted by atomic mass is 10.1. The SMILES string of the molecule is C[C@@H](C(=O)N1CCOC[C@@H]1C(=O)O)c1cccs1. The number of thiophene rings is 1. The maximum Gasteiger partial charge on any atom is 0.328 e. The Hall–Kier alpha value is -1.40. The van der Waals surface area contributed by atoms with Crippen LogP contribution in [0.4, 0.5) is 0 Å². The molecule has 0 saturated carbocycles. The average Bonchev–Trinajstić information content (AvgIpc) is 2.90. The molecule has 1 aliphatic rings. The Kier molecular flexibility index (Phi) is 3.98. The zero-order valence-corrected chi connectivity index (χ0v) is 10.9. The third-order valence-electron chi connectivity index (χ3n) is 3.04. The molecular formula is C12H15NO4S. The first-order valence-electron chi connectivity index (χ1n) is 5.75. The van der Waals surface area contributed by atoms with E-state index in [0.29, 0.717) is 13.2 Å². The van der Waals surface area contributed by atoms with E-state index < -0.39 is 12.0 Å². The van der Waals surface area contributed by atoms with Crippen LogP contribution in [-0.4, -0.2) is 47.7 Å². The number of ether oxygens (including phenoxy) is 1. The summed E-state index contributed by atoms with van der Waals surface area (Å²) in [6.45, 7) is 2.61. The van der Waals surface area contributed by atoms with Gasteiger partial charge in [-0.1, -0.05) is 6.07 Å². The summed E-state index contributed by atoms with van der Waals surface area (Å²) in [6.07, 6.45) is 0. The molecule has 0 radical (unpaired) electrons. The van der Waals surface area contributed by atoms with E-state index in [4.69, 9.17) is 9.84 Å². The molecule has 0 spiro atoms. The van der Waals surface area contributed by atoms with Crippen molar-refractivity contribution < 1.29 is 19.4 Å². The number of morpholine rings is 1. The number of carbonyl (C=O) groups is 2. The fourth-order valence-corrected chi connectivity index (χ4v) is 2.76. The van der Waals surface area contributed by atoms with Crippen molar-refractivity contribution >= 4 is 23.2 Å². The number of hydrogen-bond donors (Lipinski definition) is 1. The number of rotatable bonds is 3. The Morgan fingerprint density at radius 2 is 2.39 bits per heavy atom. The maximum absolute atomic E-state index is 12.3. The molecule has 98 valence electrons. The van der Waals surface area contributed by atoms with Gasteiger partial charge in [0, 0.05) is 11.4 Å². The molecule has 1 saturated heterocycles. The van der Waals surface area contributed by atoms with E-state index in [1.54, 1.807) is 0 Å². The second-order valence-corrected chi connectivity index (χ2v) is 5.18. The number of carboxylic acid groups (broad SMARTS) is 1. The third-order valence-corrected chi connectivity index (χ3v) is 4.09. The number of amides is 1. The highest BCUT2D eigenvalue weighted by molar-refractivity contribution is 7.10. The van der Waals surface area contributed by atoms with Crippen molar-refractivity contribution in [2.45, 2.75) is 18.9 Å². The quantitative estimate of drug-likeness (QED) is 0.894. The van der Waals surface area contributed by atoms with Gasteiger partial charge in [-0.05, 0) is 18.4 Å². The predicted octanol–water partition coefficient (Wildman–Crippen LogP) is 1.16. The van der Waals surface area contributed by atoms with Crippen LogP contribution in [0.1, 0.15) is 17.7 Å². The first-order valence-corrected chi connectivity index (χ1v) is 6.63. The Morgan fingerprint density at radius 3 is 3.00 bits per heavy atom. The second kappa shape index (κ2) is 5.49. The van der Waals surface area contributed by atoms with Gasteiger partial charge in [-0.2, -0.15) is 0 Å². The first kappa shape index (κ1) is 13.0. The minimum absolute atomic E-state index is 0.0677. The summed E-state index contributed by atoms with van der Waals surface area (Å²) in [6, 6.07) is 2.91. The fraction of sp³-hybridized carbons (Fsp3) is 0.500. The molecule has 5 nitrogen and oxygen atoms in total. The van der Waals surface area contributed by atoms with E-state index in [9.17, 15) is 9.59 Å². The summed E-state index contributed by atoms with van der Waals surface area (Å²) in [5.41, 5.74) is 0. The molecule has 0 bridgehead atoms. The van der Waals surface area contributed by atoms with Gasteiger partial charge in [0.1, 0.15) is 0 Å². The van der Waals surface area contributed by atoms with Crippen LogP contribution in [0.15, 0.2) is 17.5 Å². The molecule has 2 rings (SSSR count). The molecule has 1 aliphatic heterocycles. The van der Waals surface area contributed by atoms with Gasteiger partial charge in [-0.15, -0.1) is 11.3 Å². The Labute approximate surface area is 109 Å². The van der Waals surface area contributed by atoms with Crippen LogP contribution in [-0.2, 0) is 14.3 Å². The molecule has 1 amide bonds. The molecule has 2 heterocycles. The minimum Gasteiger partial charge on any atom is -0.480 e. The van der Waals surface area contributed by atoms with E-state index >= 15 is 0 Å². The van der Waals surface area contributed by atoms with Crippen LogP contribution < -0.4 is 0 Å². The number of carboxylic acids is 1. The second-order valence-electron chi connectivity index (χ2n) is 4.20. The Balaban J connectivity index is 2.13. The largest absolute Gasteiger partial charge is 0.480 e. The van der Waals surface area contributed by atoms with E-state index in [2.05, 4.69) is 0 Å². The van der Waals surface area contributed by atoms with Crippen molar-refractivity contribution in [1.82, 2.24) is 4.90 Å². The Bertz CT molecular complexity index is 431. The van der Waals surface area contributed by atoms with Gasteiger partial charge in [0.15, 0.2) is 6.04 Å². The topological polar surface area (TPSA) is 66.8 Å². The van der Waals surface area contributed by atoms with E-state index in [1.807, 2.05) is 24.4 Å². The van der Waals surface area contributed by atoms with E-state index in [1.165, 1.54) is 16.2 Å². The molecule has 0 unspecified atom stereocenters. The van der Waals surface area contributed by atoms with Gasteiger partial charge >= 0.3 is 5.97 Å². The lowest BCUT2D eigenvalue weighted by molar-refractivity contribution is -0.158. The van der Waals surface area contributed by atoms with Crippen LogP contribution in [0.2, 0.25) is 0 Å². The van der Waals surface area contributed by atoms with Crippen LogP contribution >= 0.6 is 11.3 Å². The lowest BCUT2D eigenvalue weighted by Gasteiger charge is -2.34. The summed E-state index contributed by atoms with van der Waals surface area (Å²) < 4.78 is 5.12. The monoisotopic (exact) mass is 269 g/mol. The van der Waals surface area contributed by atoms with Crippen molar-refractivity contribution in [2.75, 3.05) is 19.8 Å². The summed E-state index contributed by atoms with van der Waals surface area (Å²) in [5, 5.41) is 11.0. The van der Waals surface area contributed by atoms with Crippen LogP contribution in [0.5, 0.6) is 0 Å². The van der Waals surface area contributed by atoms with Gasteiger partial charge in [-0.3, -0.25) is 4.79 Å². The highest BCUT2D eigenvalue weighted by atomic mass is 32.1. The number of hydrogen-bond acceptors (Lipinski definition) is 4. The van der Waals surface area contributed by atoms with Gasteiger partial charge in [0.2, 0.25) is 5.91 Å². The average molecular weight is 269 g/mol. The summed E-state index contributed by atoms with van der Waals surface area (Å²) in [7, 11) is 0. The van der Waals surface area contributed by atoms with Crippen LogP contribution in [0.25, 0.3) is 0 Å². The molecule has 1 aromatic heterocycles.